The molecule has 0 bridgehead atoms. The molecule has 4 aromatic rings. The van der Waals surface area contributed by atoms with Crippen molar-refractivity contribution in [2.75, 3.05) is 6.61 Å². The van der Waals surface area contributed by atoms with Crippen molar-refractivity contribution in [1.82, 2.24) is 9.55 Å². The molecule has 0 spiro atoms. The van der Waals surface area contributed by atoms with Crippen molar-refractivity contribution in [3.05, 3.63) is 88.0 Å². The zero-order valence-corrected chi connectivity index (χ0v) is 19.9. The van der Waals surface area contributed by atoms with Crippen LogP contribution in [0.3, 0.4) is 0 Å². The Bertz CT molecular complexity index is 1560. The van der Waals surface area contributed by atoms with Gasteiger partial charge in [0.05, 0.1) is 35.6 Å². The smallest absolute Gasteiger partial charge is 0.300 e. The van der Waals surface area contributed by atoms with Crippen LogP contribution in [0.1, 0.15) is 36.5 Å². The van der Waals surface area contributed by atoms with Gasteiger partial charge in [-0.1, -0.05) is 19.4 Å². The predicted octanol–water partition coefficient (Wildman–Crippen LogP) is 2.20. The Kier molecular flexibility index (Phi) is 5.34. The number of fused-ring (bicyclic) bond motifs is 5. The molecule has 0 fully saturated rings. The lowest BCUT2D eigenvalue weighted by Gasteiger charge is -2.41. The molecule has 5 heterocycles. The Balaban J connectivity index is 1.29. The standard InChI is InChI=1S/C28H25N3O5/c1-2-28(34)22-15-24-25-19(16-31(24)26(32)21(22)17-36-27(28)33)13-18-14-20(7-8-23(18)29-25)35-12-6-11-30-9-4-3-5-10-30/h3-5,7-10,13-15H,2,6,11-12,16-17H2,1H3/t28-/m0/s1. The van der Waals surface area contributed by atoms with E-state index >= 15 is 0 Å². The molecule has 0 amide bonds. The molecule has 0 aliphatic carbocycles. The maximum absolute atomic E-state index is 13.3. The van der Waals surface area contributed by atoms with E-state index in [2.05, 4.69) is 4.57 Å². The lowest BCUT2D eigenvalue weighted by molar-refractivity contribution is -0.697. The number of cyclic esters (lactones) is 1. The summed E-state index contributed by atoms with van der Waals surface area (Å²) in [5.74, 6) is -0.0679. The third-order valence-electron chi connectivity index (χ3n) is 7.05. The van der Waals surface area contributed by atoms with Gasteiger partial charge in [-0.25, -0.2) is 9.55 Å². The molecule has 6 rings (SSSR count). The van der Waals surface area contributed by atoms with Crippen molar-refractivity contribution in [2.24, 2.45) is 0 Å². The second-order valence-electron chi connectivity index (χ2n) is 9.24. The minimum atomic E-state index is -2.08. The summed E-state index contributed by atoms with van der Waals surface area (Å²) in [6, 6.07) is 15.4. The maximum atomic E-state index is 13.3. The minimum Gasteiger partial charge on any atom is -0.838 e. The zero-order chi connectivity index (χ0) is 24.9. The van der Waals surface area contributed by atoms with E-state index in [-0.39, 0.29) is 29.7 Å². The lowest BCUT2D eigenvalue weighted by Crippen LogP contribution is -2.53. The number of hydrogen-bond donors (Lipinski definition) is 0. The van der Waals surface area contributed by atoms with E-state index in [1.807, 2.05) is 54.9 Å². The number of aryl methyl sites for hydroxylation is 1. The fourth-order valence-corrected chi connectivity index (χ4v) is 5.06. The number of nitrogens with zero attached hydrogens (tertiary/aromatic N) is 3. The van der Waals surface area contributed by atoms with Crippen molar-refractivity contribution in [2.45, 2.75) is 45.1 Å². The number of carbonyl (C=O) groups is 1. The average molecular weight is 484 g/mol. The summed E-state index contributed by atoms with van der Waals surface area (Å²) in [4.78, 5) is 30.4. The van der Waals surface area contributed by atoms with Crippen molar-refractivity contribution >= 4 is 16.9 Å². The number of rotatable bonds is 6. The fourth-order valence-electron chi connectivity index (χ4n) is 5.06. The second-order valence-corrected chi connectivity index (χ2v) is 9.24. The van der Waals surface area contributed by atoms with Crippen LogP contribution in [0.5, 0.6) is 5.75 Å². The quantitative estimate of drug-likeness (QED) is 0.209. The molecule has 0 N–H and O–H groups in total. The number of aromatic nitrogens is 3. The van der Waals surface area contributed by atoms with Crippen LogP contribution in [0.15, 0.2) is 65.7 Å². The van der Waals surface area contributed by atoms with Gasteiger partial charge >= 0.3 is 0 Å². The van der Waals surface area contributed by atoms with E-state index in [1.54, 1.807) is 17.6 Å². The van der Waals surface area contributed by atoms with Gasteiger partial charge in [-0.3, -0.25) is 9.59 Å². The largest absolute Gasteiger partial charge is 0.838 e. The highest BCUT2D eigenvalue weighted by atomic mass is 16.6. The molecular formula is C28H25N3O5. The molecule has 2 aliphatic rings. The molecule has 1 aromatic carbocycles. The predicted molar refractivity (Wildman–Crippen MR) is 129 cm³/mol. The number of pyridine rings is 3. The first kappa shape index (κ1) is 22.4. The van der Waals surface area contributed by atoms with Crippen molar-refractivity contribution in [1.29, 1.82) is 0 Å². The molecule has 36 heavy (non-hydrogen) atoms. The lowest BCUT2D eigenvalue weighted by atomic mass is 9.86. The number of ether oxygens (including phenoxy) is 2. The summed E-state index contributed by atoms with van der Waals surface area (Å²) in [5, 5.41) is 14.2. The summed E-state index contributed by atoms with van der Waals surface area (Å²) in [6.45, 7) is 3.28. The fraction of sp³-hybridized carbons (Fsp3) is 0.286. The first-order valence-corrected chi connectivity index (χ1v) is 12.1. The highest BCUT2D eigenvalue weighted by Gasteiger charge is 2.38. The highest BCUT2D eigenvalue weighted by molar-refractivity contribution is 5.86. The Morgan fingerprint density at radius 1 is 1.17 bits per heavy atom. The van der Waals surface area contributed by atoms with Gasteiger partial charge in [-0.15, -0.1) is 0 Å². The first-order chi connectivity index (χ1) is 17.5. The van der Waals surface area contributed by atoms with Crippen molar-refractivity contribution in [3.63, 3.8) is 0 Å². The minimum absolute atomic E-state index is 0.00649. The zero-order valence-electron chi connectivity index (χ0n) is 19.9. The molecule has 3 aromatic heterocycles. The highest BCUT2D eigenvalue weighted by Crippen LogP contribution is 2.37. The molecule has 0 radical (unpaired) electrons. The maximum Gasteiger partial charge on any atom is 0.300 e. The topological polar surface area (TPSA) is 97.4 Å². The van der Waals surface area contributed by atoms with Gasteiger partial charge in [0.2, 0.25) is 0 Å². The Morgan fingerprint density at radius 3 is 2.81 bits per heavy atom. The Morgan fingerprint density at radius 2 is 2.00 bits per heavy atom. The van der Waals surface area contributed by atoms with Gasteiger partial charge in [0, 0.05) is 35.1 Å². The van der Waals surface area contributed by atoms with E-state index < -0.39 is 11.6 Å². The molecule has 0 saturated carbocycles. The molecule has 2 aliphatic heterocycles. The summed E-state index contributed by atoms with van der Waals surface area (Å²) in [6.07, 6.45) is 4.95. The van der Waals surface area contributed by atoms with Crippen LogP contribution in [-0.2, 0) is 34.8 Å². The van der Waals surface area contributed by atoms with Crippen molar-refractivity contribution in [3.8, 4) is 17.1 Å². The van der Waals surface area contributed by atoms with Crippen LogP contribution < -0.4 is 20.0 Å². The van der Waals surface area contributed by atoms with E-state index in [0.29, 0.717) is 24.5 Å². The summed E-state index contributed by atoms with van der Waals surface area (Å²) in [7, 11) is 0. The summed E-state index contributed by atoms with van der Waals surface area (Å²) in [5.41, 5.74) is 0.981. The van der Waals surface area contributed by atoms with Crippen LogP contribution >= 0.6 is 0 Å². The Labute approximate surface area is 207 Å². The van der Waals surface area contributed by atoms with E-state index in [0.717, 1.165) is 35.2 Å². The van der Waals surface area contributed by atoms with E-state index in [9.17, 15) is 14.7 Å². The normalized spacial score (nSPS) is 17.9. The number of benzene rings is 1. The van der Waals surface area contributed by atoms with Crippen LogP contribution in [0.25, 0.3) is 22.3 Å². The molecule has 0 saturated heterocycles. The Hall–Kier alpha value is -4.04. The van der Waals surface area contributed by atoms with Gasteiger partial charge in [0.25, 0.3) is 11.5 Å². The van der Waals surface area contributed by atoms with Crippen LogP contribution in [0.4, 0.5) is 0 Å². The monoisotopic (exact) mass is 483 g/mol. The molecule has 182 valence electrons. The van der Waals surface area contributed by atoms with E-state index in [4.69, 9.17) is 14.5 Å². The van der Waals surface area contributed by atoms with Gasteiger partial charge in [0.1, 0.15) is 12.4 Å². The van der Waals surface area contributed by atoms with Gasteiger partial charge in [-0.2, -0.15) is 0 Å². The van der Waals surface area contributed by atoms with Gasteiger partial charge in [-0.05, 0) is 35.9 Å². The van der Waals surface area contributed by atoms with Gasteiger partial charge in [0.15, 0.2) is 18.9 Å². The SMILES string of the molecule is CC[C@@]1([O-])C(=O)OCc2c1cc1n(c2=O)Cc2cc3cc(OCCC[n+]4ccccc4)ccc3nc2-1. The summed E-state index contributed by atoms with van der Waals surface area (Å²) < 4.78 is 14.8. The molecule has 0 unspecified atom stereocenters. The van der Waals surface area contributed by atoms with Crippen LogP contribution in [-0.4, -0.2) is 22.1 Å². The third-order valence-corrected chi connectivity index (χ3v) is 7.05. The van der Waals surface area contributed by atoms with Gasteiger partial charge < -0.3 is 19.1 Å². The molecule has 8 heteroatoms. The van der Waals surface area contributed by atoms with Crippen molar-refractivity contribution < 1.29 is 23.9 Å². The third kappa shape index (κ3) is 3.56. The number of esters is 1. The summed E-state index contributed by atoms with van der Waals surface area (Å²) >= 11 is 0. The molecular weight excluding hydrogens is 458 g/mol. The van der Waals surface area contributed by atoms with E-state index in [1.165, 1.54) is 0 Å². The molecule has 8 nitrogen and oxygen atoms in total. The first-order valence-electron chi connectivity index (χ1n) is 12.1. The average Bonchev–Trinajstić information content (AvgIpc) is 3.26. The molecule has 1 atom stereocenters. The number of hydrogen-bond acceptors (Lipinski definition) is 6. The number of carbonyl (C=O) groups excluding carboxylic acids is 1. The second kappa shape index (κ2) is 8.57. The van der Waals surface area contributed by atoms with Crippen LogP contribution in [0.2, 0.25) is 0 Å². The van der Waals surface area contributed by atoms with Crippen LogP contribution in [0, 0.1) is 0 Å².